The number of sulfonamides is 1. The van der Waals surface area contributed by atoms with Crippen molar-refractivity contribution in [2.24, 2.45) is 5.92 Å². The van der Waals surface area contributed by atoms with Crippen LogP contribution in [0.3, 0.4) is 0 Å². The minimum Gasteiger partial charge on any atom is -0.317 e. The van der Waals surface area contributed by atoms with Crippen LogP contribution >= 0.6 is 0 Å². The molecule has 0 saturated carbocycles. The zero-order chi connectivity index (χ0) is 13.3. The van der Waals surface area contributed by atoms with Crippen LogP contribution in [0, 0.1) is 5.92 Å². The van der Waals surface area contributed by atoms with Crippen LogP contribution < -0.4 is 5.32 Å². The van der Waals surface area contributed by atoms with Gasteiger partial charge in [-0.2, -0.15) is 0 Å². The third kappa shape index (κ3) is 3.20. The quantitative estimate of drug-likeness (QED) is 0.837. The Morgan fingerprint density at radius 1 is 1.24 bits per heavy atom. The largest absolute Gasteiger partial charge is 0.317 e. The zero-order valence-electron chi connectivity index (χ0n) is 11.7. The molecule has 0 bridgehead atoms. The summed E-state index contributed by atoms with van der Waals surface area (Å²) in [5.41, 5.74) is 0. The molecule has 1 fully saturated rings. The molecule has 5 heteroatoms. The predicted molar refractivity (Wildman–Crippen MR) is 71.5 cm³/mol. The molecule has 0 aromatic heterocycles. The average molecular weight is 262 g/mol. The highest BCUT2D eigenvalue weighted by Crippen LogP contribution is 2.27. The van der Waals surface area contributed by atoms with Crippen molar-refractivity contribution in [1.29, 1.82) is 0 Å². The van der Waals surface area contributed by atoms with Crippen LogP contribution in [0.15, 0.2) is 0 Å². The van der Waals surface area contributed by atoms with Crippen LogP contribution in [-0.2, 0) is 10.0 Å². The van der Waals surface area contributed by atoms with Gasteiger partial charge >= 0.3 is 0 Å². The van der Waals surface area contributed by atoms with Gasteiger partial charge < -0.3 is 5.32 Å². The van der Waals surface area contributed by atoms with E-state index in [-0.39, 0.29) is 0 Å². The van der Waals surface area contributed by atoms with Crippen LogP contribution in [-0.4, -0.2) is 43.6 Å². The molecule has 0 aromatic carbocycles. The minimum absolute atomic E-state index is 0.467. The van der Waals surface area contributed by atoms with Gasteiger partial charge in [-0.25, -0.2) is 12.7 Å². The van der Waals surface area contributed by atoms with E-state index in [0.29, 0.717) is 25.0 Å². The van der Waals surface area contributed by atoms with Crippen molar-refractivity contribution >= 4 is 10.0 Å². The maximum absolute atomic E-state index is 12.3. The third-order valence-corrected chi connectivity index (χ3v) is 6.37. The first-order valence-corrected chi connectivity index (χ1v) is 7.81. The van der Waals surface area contributed by atoms with E-state index in [1.165, 1.54) is 0 Å². The number of rotatable bonds is 3. The van der Waals surface area contributed by atoms with Gasteiger partial charge in [0.25, 0.3) is 0 Å². The summed E-state index contributed by atoms with van der Waals surface area (Å²) in [6.07, 6.45) is 1.91. The first-order chi connectivity index (χ1) is 7.70. The Balaban J connectivity index is 2.65. The minimum atomic E-state index is -3.14. The van der Waals surface area contributed by atoms with Gasteiger partial charge in [0.15, 0.2) is 0 Å². The van der Waals surface area contributed by atoms with Crippen molar-refractivity contribution in [3.8, 4) is 0 Å². The molecule has 0 aromatic rings. The summed E-state index contributed by atoms with van der Waals surface area (Å²) in [6.45, 7) is 8.80. The van der Waals surface area contributed by atoms with Gasteiger partial charge in [0.1, 0.15) is 0 Å². The highest BCUT2D eigenvalue weighted by molar-refractivity contribution is 7.90. The molecule has 1 aliphatic rings. The highest BCUT2D eigenvalue weighted by Gasteiger charge is 2.37. The van der Waals surface area contributed by atoms with E-state index >= 15 is 0 Å². The number of nitrogens with one attached hydrogen (secondary N) is 1. The fourth-order valence-corrected chi connectivity index (χ4v) is 3.71. The number of hydrogen-bond donors (Lipinski definition) is 1. The topological polar surface area (TPSA) is 49.4 Å². The zero-order valence-corrected chi connectivity index (χ0v) is 12.5. The molecule has 1 N–H and O–H groups in total. The van der Waals surface area contributed by atoms with Gasteiger partial charge in [0.2, 0.25) is 10.0 Å². The van der Waals surface area contributed by atoms with Crippen molar-refractivity contribution < 1.29 is 8.42 Å². The molecule has 0 radical (unpaired) electrons. The maximum Gasteiger partial charge on any atom is 0.219 e. The van der Waals surface area contributed by atoms with E-state index in [1.807, 2.05) is 7.05 Å². The Hall–Kier alpha value is -0.130. The van der Waals surface area contributed by atoms with E-state index in [9.17, 15) is 8.42 Å². The Labute approximate surface area is 106 Å². The SMILES string of the molecule is CNC(C)C1CCN(S(=O)(=O)C(C)(C)C)CC1. The summed E-state index contributed by atoms with van der Waals surface area (Å²) >= 11 is 0. The summed E-state index contributed by atoms with van der Waals surface area (Å²) in [7, 11) is -1.18. The summed E-state index contributed by atoms with van der Waals surface area (Å²) in [5.74, 6) is 0.589. The first-order valence-electron chi connectivity index (χ1n) is 6.37. The van der Waals surface area contributed by atoms with E-state index in [1.54, 1.807) is 25.1 Å². The molecule has 1 heterocycles. The van der Waals surface area contributed by atoms with Crippen molar-refractivity contribution in [2.75, 3.05) is 20.1 Å². The number of piperidine rings is 1. The second kappa shape index (κ2) is 5.24. The average Bonchev–Trinajstić information content (AvgIpc) is 2.26. The van der Waals surface area contributed by atoms with Crippen LogP contribution in [0.1, 0.15) is 40.5 Å². The highest BCUT2D eigenvalue weighted by atomic mass is 32.2. The molecular weight excluding hydrogens is 236 g/mol. The Morgan fingerprint density at radius 2 is 1.71 bits per heavy atom. The van der Waals surface area contributed by atoms with Crippen molar-refractivity contribution in [3.63, 3.8) is 0 Å². The lowest BCUT2D eigenvalue weighted by Crippen LogP contribution is -2.48. The van der Waals surface area contributed by atoms with Gasteiger partial charge in [-0.3, -0.25) is 0 Å². The molecule has 102 valence electrons. The predicted octanol–water partition coefficient (Wildman–Crippen LogP) is 1.43. The van der Waals surface area contributed by atoms with Gasteiger partial charge in [-0.05, 0) is 53.5 Å². The van der Waals surface area contributed by atoms with E-state index in [0.717, 1.165) is 12.8 Å². The summed E-state index contributed by atoms with van der Waals surface area (Å²) in [4.78, 5) is 0. The molecule has 0 spiro atoms. The molecule has 1 saturated heterocycles. The monoisotopic (exact) mass is 262 g/mol. The lowest BCUT2D eigenvalue weighted by molar-refractivity contribution is 0.233. The molecule has 0 amide bonds. The normalized spacial score (nSPS) is 22.6. The van der Waals surface area contributed by atoms with E-state index in [2.05, 4.69) is 12.2 Å². The Morgan fingerprint density at radius 3 is 2.06 bits per heavy atom. The molecular formula is C12H26N2O2S. The van der Waals surface area contributed by atoms with Crippen LogP contribution in [0.2, 0.25) is 0 Å². The first kappa shape index (κ1) is 14.9. The Bertz CT molecular complexity index is 338. The smallest absolute Gasteiger partial charge is 0.219 e. The third-order valence-electron chi connectivity index (χ3n) is 3.77. The molecule has 0 aliphatic carbocycles. The van der Waals surface area contributed by atoms with Crippen molar-refractivity contribution in [1.82, 2.24) is 9.62 Å². The number of hydrogen-bond acceptors (Lipinski definition) is 3. The lowest BCUT2D eigenvalue weighted by Gasteiger charge is -2.37. The molecule has 4 nitrogen and oxygen atoms in total. The summed E-state index contributed by atoms with van der Waals surface area (Å²) < 4.78 is 25.5. The van der Waals surface area contributed by atoms with E-state index < -0.39 is 14.8 Å². The van der Waals surface area contributed by atoms with Gasteiger partial charge in [-0.1, -0.05) is 0 Å². The summed E-state index contributed by atoms with van der Waals surface area (Å²) in [5, 5.41) is 3.25. The number of nitrogens with zero attached hydrogens (tertiary/aromatic N) is 1. The van der Waals surface area contributed by atoms with Crippen LogP contribution in [0.4, 0.5) is 0 Å². The second-order valence-corrected chi connectivity index (χ2v) is 8.62. The fourth-order valence-electron chi connectivity index (χ4n) is 2.24. The molecule has 1 rings (SSSR count). The molecule has 1 atom stereocenters. The Kier molecular flexibility index (Phi) is 4.60. The molecule has 1 aliphatic heterocycles. The van der Waals surface area contributed by atoms with Crippen LogP contribution in [0.25, 0.3) is 0 Å². The fraction of sp³-hybridized carbons (Fsp3) is 1.00. The van der Waals surface area contributed by atoms with Gasteiger partial charge in [-0.15, -0.1) is 0 Å². The van der Waals surface area contributed by atoms with E-state index in [4.69, 9.17) is 0 Å². The van der Waals surface area contributed by atoms with Crippen molar-refractivity contribution in [2.45, 2.75) is 51.3 Å². The summed E-state index contributed by atoms with van der Waals surface area (Å²) in [6, 6.07) is 0.467. The van der Waals surface area contributed by atoms with Gasteiger partial charge in [0, 0.05) is 19.1 Å². The van der Waals surface area contributed by atoms with Crippen LogP contribution in [0.5, 0.6) is 0 Å². The van der Waals surface area contributed by atoms with Gasteiger partial charge in [0.05, 0.1) is 4.75 Å². The van der Waals surface area contributed by atoms with Crippen molar-refractivity contribution in [3.05, 3.63) is 0 Å². The lowest BCUT2D eigenvalue weighted by atomic mass is 9.91. The maximum atomic E-state index is 12.3. The molecule has 1 unspecified atom stereocenters. The second-order valence-electron chi connectivity index (χ2n) is 5.93. The molecule has 17 heavy (non-hydrogen) atoms. The standard InChI is InChI=1S/C12H26N2O2S/c1-10(13-5)11-6-8-14(9-7-11)17(15,16)12(2,3)4/h10-11,13H,6-9H2,1-5H3.